The van der Waals surface area contributed by atoms with Gasteiger partial charge >= 0.3 is 0 Å². The van der Waals surface area contributed by atoms with E-state index in [0.717, 1.165) is 18.7 Å². The average Bonchev–Trinajstić information content (AvgIpc) is 2.37. The quantitative estimate of drug-likeness (QED) is 0.728. The van der Waals surface area contributed by atoms with Gasteiger partial charge in [-0.25, -0.2) is 4.68 Å². The molecule has 86 valence electrons. The molecule has 0 radical (unpaired) electrons. The van der Waals surface area contributed by atoms with Gasteiger partial charge in [-0.1, -0.05) is 0 Å². The van der Waals surface area contributed by atoms with Gasteiger partial charge in [-0.2, -0.15) is 5.10 Å². The zero-order valence-electron chi connectivity index (χ0n) is 9.95. The van der Waals surface area contributed by atoms with Gasteiger partial charge in [-0.15, -0.1) is 0 Å². The number of hydrogen-bond acceptors (Lipinski definition) is 4. The van der Waals surface area contributed by atoms with E-state index in [9.17, 15) is 0 Å². The Morgan fingerprint density at radius 2 is 2.13 bits per heavy atom. The molecule has 0 bridgehead atoms. The molecule has 1 rings (SSSR count). The summed E-state index contributed by atoms with van der Waals surface area (Å²) in [6, 6.07) is 0. The number of hydrogen-bond donors (Lipinski definition) is 1. The molecule has 0 saturated carbocycles. The number of aromatic nitrogens is 2. The van der Waals surface area contributed by atoms with Gasteiger partial charge in [-0.05, 0) is 27.4 Å². The Bertz CT molecular complexity index is 319. The lowest BCUT2D eigenvalue weighted by Gasteiger charge is -2.10. The molecule has 0 aliphatic rings. The van der Waals surface area contributed by atoms with E-state index >= 15 is 0 Å². The first-order valence-electron chi connectivity index (χ1n) is 5.09. The van der Waals surface area contributed by atoms with E-state index in [1.807, 2.05) is 28.1 Å². The van der Waals surface area contributed by atoms with Gasteiger partial charge < -0.3 is 15.4 Å². The van der Waals surface area contributed by atoms with E-state index in [1.54, 1.807) is 4.68 Å². The molecule has 0 spiro atoms. The molecule has 1 heterocycles. The predicted molar refractivity (Wildman–Crippen MR) is 61.0 cm³/mol. The molecule has 1 aromatic rings. The van der Waals surface area contributed by atoms with Crippen LogP contribution in [0.25, 0.3) is 0 Å². The molecule has 1 aromatic heterocycles. The van der Waals surface area contributed by atoms with Crippen LogP contribution in [0.5, 0.6) is 5.88 Å². The Balaban J connectivity index is 2.44. The zero-order chi connectivity index (χ0) is 11.4. The van der Waals surface area contributed by atoms with Crippen LogP contribution in [-0.2, 0) is 7.05 Å². The summed E-state index contributed by atoms with van der Waals surface area (Å²) >= 11 is 0. The summed E-state index contributed by atoms with van der Waals surface area (Å²) in [4.78, 5) is 2.13. The second kappa shape index (κ2) is 5.02. The molecule has 2 N–H and O–H groups in total. The highest BCUT2D eigenvalue weighted by molar-refractivity contribution is 5.52. The molecule has 0 aliphatic carbocycles. The van der Waals surface area contributed by atoms with Gasteiger partial charge in [0.05, 0.1) is 12.3 Å². The summed E-state index contributed by atoms with van der Waals surface area (Å²) in [5.41, 5.74) is 7.29. The van der Waals surface area contributed by atoms with Crippen molar-refractivity contribution in [3.63, 3.8) is 0 Å². The van der Waals surface area contributed by atoms with Crippen molar-refractivity contribution in [2.75, 3.05) is 33.0 Å². The third-order valence-electron chi connectivity index (χ3n) is 2.20. The van der Waals surface area contributed by atoms with Crippen LogP contribution in [0.4, 0.5) is 5.69 Å². The number of anilines is 1. The first-order chi connectivity index (χ1) is 7.02. The highest BCUT2D eigenvalue weighted by Crippen LogP contribution is 2.23. The van der Waals surface area contributed by atoms with Crippen LogP contribution in [0, 0.1) is 6.92 Å². The van der Waals surface area contributed by atoms with Crippen molar-refractivity contribution in [1.29, 1.82) is 0 Å². The Labute approximate surface area is 90.8 Å². The van der Waals surface area contributed by atoms with Crippen LogP contribution < -0.4 is 10.5 Å². The number of nitrogens with two attached hydrogens (primary N) is 1. The lowest BCUT2D eigenvalue weighted by molar-refractivity contribution is 0.264. The van der Waals surface area contributed by atoms with Gasteiger partial charge in [0.25, 0.3) is 0 Å². The summed E-state index contributed by atoms with van der Waals surface area (Å²) in [5.74, 6) is 0.672. The second-order valence-corrected chi connectivity index (χ2v) is 3.93. The maximum absolute atomic E-state index is 5.83. The van der Waals surface area contributed by atoms with E-state index in [-0.39, 0.29) is 0 Å². The number of rotatable bonds is 5. The Hall–Kier alpha value is -1.23. The molecule has 0 amide bonds. The summed E-state index contributed by atoms with van der Waals surface area (Å²) in [7, 11) is 5.93. The monoisotopic (exact) mass is 212 g/mol. The number of aryl methyl sites for hydroxylation is 2. The fraction of sp³-hybridized carbons (Fsp3) is 0.700. The molecule has 0 saturated heterocycles. The molecule has 0 aliphatic heterocycles. The van der Waals surface area contributed by atoms with Crippen LogP contribution in [0.3, 0.4) is 0 Å². The molecule has 0 aromatic carbocycles. The van der Waals surface area contributed by atoms with Crippen LogP contribution in [0.15, 0.2) is 0 Å². The number of nitrogens with zero attached hydrogens (tertiary/aromatic N) is 3. The van der Waals surface area contributed by atoms with Gasteiger partial charge in [0.15, 0.2) is 0 Å². The van der Waals surface area contributed by atoms with Crippen LogP contribution in [0.1, 0.15) is 12.1 Å². The Kier molecular flexibility index (Phi) is 3.96. The Morgan fingerprint density at radius 3 is 2.60 bits per heavy atom. The van der Waals surface area contributed by atoms with Crippen molar-refractivity contribution in [3.05, 3.63) is 5.69 Å². The fourth-order valence-electron chi connectivity index (χ4n) is 1.37. The van der Waals surface area contributed by atoms with E-state index in [0.29, 0.717) is 18.2 Å². The van der Waals surface area contributed by atoms with Crippen molar-refractivity contribution in [2.24, 2.45) is 7.05 Å². The predicted octanol–water partition coefficient (Wildman–Crippen LogP) is 0.641. The van der Waals surface area contributed by atoms with Crippen molar-refractivity contribution in [2.45, 2.75) is 13.3 Å². The van der Waals surface area contributed by atoms with Crippen molar-refractivity contribution < 1.29 is 4.74 Å². The minimum absolute atomic E-state index is 0.641. The largest absolute Gasteiger partial charge is 0.476 e. The van der Waals surface area contributed by atoms with E-state index in [4.69, 9.17) is 10.5 Å². The number of ether oxygens (including phenoxy) is 1. The molecule has 0 fully saturated rings. The summed E-state index contributed by atoms with van der Waals surface area (Å²) < 4.78 is 7.27. The third kappa shape index (κ3) is 3.13. The molecular formula is C10H20N4O. The highest BCUT2D eigenvalue weighted by atomic mass is 16.5. The van der Waals surface area contributed by atoms with Gasteiger partial charge in [0, 0.05) is 13.6 Å². The topological polar surface area (TPSA) is 56.3 Å². The maximum atomic E-state index is 5.83. The van der Waals surface area contributed by atoms with Crippen molar-refractivity contribution in [3.8, 4) is 5.88 Å². The van der Waals surface area contributed by atoms with E-state index in [2.05, 4.69) is 10.00 Å². The zero-order valence-corrected chi connectivity index (χ0v) is 9.95. The lowest BCUT2D eigenvalue weighted by Crippen LogP contribution is -2.16. The molecule has 0 atom stereocenters. The van der Waals surface area contributed by atoms with Crippen LogP contribution in [0.2, 0.25) is 0 Å². The van der Waals surface area contributed by atoms with Gasteiger partial charge in [0.2, 0.25) is 5.88 Å². The normalized spacial score (nSPS) is 11.0. The number of nitrogen functional groups attached to an aromatic ring is 1. The van der Waals surface area contributed by atoms with Crippen LogP contribution >= 0.6 is 0 Å². The smallest absolute Gasteiger partial charge is 0.235 e. The first kappa shape index (κ1) is 11.8. The van der Waals surface area contributed by atoms with E-state index in [1.165, 1.54) is 0 Å². The molecular weight excluding hydrogens is 192 g/mol. The lowest BCUT2D eigenvalue weighted by atomic mass is 10.4. The second-order valence-electron chi connectivity index (χ2n) is 3.93. The minimum Gasteiger partial charge on any atom is -0.476 e. The minimum atomic E-state index is 0.641. The van der Waals surface area contributed by atoms with E-state index < -0.39 is 0 Å². The fourth-order valence-corrected chi connectivity index (χ4v) is 1.37. The molecule has 5 nitrogen and oxygen atoms in total. The van der Waals surface area contributed by atoms with Gasteiger partial charge in [-0.3, -0.25) is 0 Å². The maximum Gasteiger partial charge on any atom is 0.235 e. The third-order valence-corrected chi connectivity index (χ3v) is 2.20. The standard InChI is InChI=1S/C10H20N4O/c1-8-9(11)10(14(4)12-8)15-7-5-6-13(2)3/h5-7,11H2,1-4H3. The summed E-state index contributed by atoms with van der Waals surface area (Å²) in [6.45, 7) is 3.56. The summed E-state index contributed by atoms with van der Waals surface area (Å²) in [6.07, 6.45) is 0.983. The van der Waals surface area contributed by atoms with Gasteiger partial charge in [0.1, 0.15) is 5.69 Å². The SMILES string of the molecule is Cc1nn(C)c(OCCCN(C)C)c1N. The molecule has 0 unspecified atom stereocenters. The molecule has 15 heavy (non-hydrogen) atoms. The summed E-state index contributed by atoms with van der Waals surface area (Å²) in [5, 5.41) is 4.18. The van der Waals surface area contributed by atoms with Crippen molar-refractivity contribution in [1.82, 2.24) is 14.7 Å². The first-order valence-corrected chi connectivity index (χ1v) is 5.09. The highest BCUT2D eigenvalue weighted by Gasteiger charge is 2.10. The average molecular weight is 212 g/mol. The Morgan fingerprint density at radius 1 is 1.47 bits per heavy atom. The molecule has 5 heteroatoms. The van der Waals surface area contributed by atoms with Crippen LogP contribution in [-0.4, -0.2) is 41.9 Å². The van der Waals surface area contributed by atoms with Crippen molar-refractivity contribution >= 4 is 5.69 Å².